The number of nitro groups is 1. The summed E-state index contributed by atoms with van der Waals surface area (Å²) in [5, 5.41) is 40.0. The highest BCUT2D eigenvalue weighted by atomic mass is 32.2. The maximum absolute atomic E-state index is 12.0. The summed E-state index contributed by atoms with van der Waals surface area (Å²) in [7, 11) is -3.36. The Labute approximate surface area is 212 Å². The van der Waals surface area contributed by atoms with Gasteiger partial charge >= 0.3 is 0 Å². The van der Waals surface area contributed by atoms with Crippen molar-refractivity contribution in [3.05, 3.63) is 51.7 Å². The van der Waals surface area contributed by atoms with E-state index in [9.17, 15) is 28.7 Å². The first-order valence-electron chi connectivity index (χ1n) is 12.0. The molecule has 4 N–H and O–H groups in total. The highest BCUT2D eigenvalue weighted by Gasteiger charge is 2.48. The van der Waals surface area contributed by atoms with E-state index >= 15 is 0 Å². The summed E-state index contributed by atoms with van der Waals surface area (Å²) >= 11 is 0. The molecule has 1 aromatic heterocycles. The van der Waals surface area contributed by atoms with E-state index < -0.39 is 37.9 Å². The molecule has 0 spiro atoms. The van der Waals surface area contributed by atoms with Gasteiger partial charge < -0.3 is 20.8 Å². The lowest BCUT2D eigenvalue weighted by atomic mass is 9.74. The molecule has 0 amide bonds. The fourth-order valence-electron chi connectivity index (χ4n) is 5.04. The Morgan fingerprint density at radius 3 is 2.33 bits per heavy atom. The standard InChI is InChI=1S/C25H36N4O6S/c1-16-14-18(8-10-20(16)36(5,34)35)28-25(12-6-7-13-25)23(31)22(24(3,4)15-30)27-21-11-9-19(29(32)33)17(2)26-21/h8-11,14,22-23,28,30-31H,6-7,12-13,15H2,1-5H3,(H,26,27). The number of pyridine rings is 1. The number of benzene rings is 1. The van der Waals surface area contributed by atoms with Crippen LogP contribution < -0.4 is 10.6 Å². The molecule has 10 nitrogen and oxygen atoms in total. The number of anilines is 2. The molecule has 0 saturated heterocycles. The third-order valence-electron chi connectivity index (χ3n) is 7.15. The Bertz CT molecular complexity index is 1230. The van der Waals surface area contributed by atoms with Crippen molar-refractivity contribution >= 4 is 27.0 Å². The SMILES string of the molecule is Cc1cc(NC2(C(O)C(Nc3ccc([N+](=O)[O-])c(C)n3)C(C)(C)CO)CCCC2)ccc1S(C)(=O)=O. The van der Waals surface area contributed by atoms with Crippen molar-refractivity contribution in [1.82, 2.24) is 4.98 Å². The summed E-state index contributed by atoms with van der Waals surface area (Å²) in [4.78, 5) is 15.3. The number of nitrogens with one attached hydrogen (secondary N) is 2. The first-order valence-corrected chi connectivity index (χ1v) is 13.9. The fraction of sp³-hybridized carbons (Fsp3) is 0.560. The van der Waals surface area contributed by atoms with E-state index in [2.05, 4.69) is 15.6 Å². The van der Waals surface area contributed by atoms with Crippen molar-refractivity contribution in [1.29, 1.82) is 0 Å². The smallest absolute Gasteiger partial charge is 0.290 e. The largest absolute Gasteiger partial charge is 0.396 e. The Hall–Kier alpha value is -2.76. The summed E-state index contributed by atoms with van der Waals surface area (Å²) in [6.45, 7) is 6.74. The van der Waals surface area contributed by atoms with Crippen LogP contribution in [0.1, 0.15) is 50.8 Å². The van der Waals surface area contributed by atoms with Gasteiger partial charge in [0.05, 0.1) is 34.1 Å². The molecule has 1 saturated carbocycles. The normalized spacial score (nSPS) is 17.4. The molecule has 1 heterocycles. The number of aliphatic hydroxyl groups is 2. The minimum atomic E-state index is -3.36. The number of rotatable bonds is 10. The number of sulfone groups is 1. The van der Waals surface area contributed by atoms with Crippen molar-refractivity contribution < 1.29 is 23.6 Å². The van der Waals surface area contributed by atoms with Crippen molar-refractivity contribution in [2.45, 2.75) is 76.0 Å². The lowest BCUT2D eigenvalue weighted by Crippen LogP contribution is -2.60. The van der Waals surface area contributed by atoms with E-state index in [0.29, 0.717) is 29.9 Å². The third kappa shape index (κ3) is 5.79. The van der Waals surface area contributed by atoms with Crippen LogP contribution in [-0.2, 0) is 9.84 Å². The second-order valence-corrected chi connectivity index (χ2v) is 12.5. The van der Waals surface area contributed by atoms with E-state index in [4.69, 9.17) is 0 Å². The lowest BCUT2D eigenvalue weighted by Gasteiger charge is -2.46. The maximum atomic E-state index is 12.0. The van der Waals surface area contributed by atoms with E-state index in [1.165, 1.54) is 18.4 Å². The first-order chi connectivity index (χ1) is 16.7. The van der Waals surface area contributed by atoms with Gasteiger partial charge in [0.1, 0.15) is 11.5 Å². The zero-order valence-corrected chi connectivity index (χ0v) is 22.2. The molecule has 11 heteroatoms. The Morgan fingerprint density at radius 1 is 1.19 bits per heavy atom. The molecule has 2 unspecified atom stereocenters. The Kier molecular flexibility index (Phi) is 7.97. The highest BCUT2D eigenvalue weighted by Crippen LogP contribution is 2.41. The van der Waals surface area contributed by atoms with Gasteiger partial charge in [0.2, 0.25) is 0 Å². The predicted octanol–water partition coefficient (Wildman–Crippen LogP) is 3.59. The van der Waals surface area contributed by atoms with Gasteiger partial charge in [0.15, 0.2) is 9.84 Å². The van der Waals surface area contributed by atoms with Gasteiger partial charge in [-0.2, -0.15) is 0 Å². The molecule has 1 aromatic carbocycles. The van der Waals surface area contributed by atoms with Crippen LogP contribution in [0.4, 0.5) is 17.2 Å². The molecular formula is C25H36N4O6S. The quantitative estimate of drug-likeness (QED) is 0.272. The van der Waals surface area contributed by atoms with Crippen LogP contribution in [-0.4, -0.2) is 59.1 Å². The number of aromatic nitrogens is 1. The van der Waals surface area contributed by atoms with Gasteiger partial charge in [-0.25, -0.2) is 13.4 Å². The zero-order chi connectivity index (χ0) is 26.9. The molecule has 1 fully saturated rings. The average Bonchev–Trinajstić information content (AvgIpc) is 3.25. The van der Waals surface area contributed by atoms with E-state index in [1.54, 1.807) is 32.0 Å². The van der Waals surface area contributed by atoms with Crippen LogP contribution in [0.15, 0.2) is 35.2 Å². The number of hydrogen-bond acceptors (Lipinski definition) is 9. The Balaban J connectivity index is 1.97. The third-order valence-corrected chi connectivity index (χ3v) is 8.41. The molecule has 0 aliphatic heterocycles. The number of hydrogen-bond donors (Lipinski definition) is 4. The second kappa shape index (κ2) is 10.3. The topological polar surface area (TPSA) is 155 Å². The number of aryl methyl sites for hydroxylation is 2. The summed E-state index contributed by atoms with van der Waals surface area (Å²) in [6.07, 6.45) is 3.33. The molecule has 0 bridgehead atoms. The molecule has 2 aromatic rings. The predicted molar refractivity (Wildman–Crippen MR) is 139 cm³/mol. The summed E-state index contributed by atoms with van der Waals surface area (Å²) in [5.41, 5.74) is -0.0498. The van der Waals surface area contributed by atoms with Gasteiger partial charge in [-0.15, -0.1) is 0 Å². The molecule has 2 atom stereocenters. The van der Waals surface area contributed by atoms with Gasteiger partial charge in [0.25, 0.3) is 5.69 Å². The maximum Gasteiger partial charge on any atom is 0.290 e. The molecule has 1 aliphatic carbocycles. The lowest BCUT2D eigenvalue weighted by molar-refractivity contribution is -0.385. The van der Waals surface area contributed by atoms with Gasteiger partial charge in [-0.3, -0.25) is 10.1 Å². The average molecular weight is 521 g/mol. The van der Waals surface area contributed by atoms with Crippen molar-refractivity contribution in [2.24, 2.45) is 5.41 Å². The van der Waals surface area contributed by atoms with Crippen LogP contribution >= 0.6 is 0 Å². The van der Waals surface area contributed by atoms with Gasteiger partial charge in [0, 0.05) is 23.4 Å². The van der Waals surface area contributed by atoms with Crippen LogP contribution in [0, 0.1) is 29.4 Å². The van der Waals surface area contributed by atoms with Crippen molar-refractivity contribution in [3.8, 4) is 0 Å². The fourth-order valence-corrected chi connectivity index (χ4v) is 6.00. The minimum Gasteiger partial charge on any atom is -0.396 e. The minimum absolute atomic E-state index is 0.0964. The Morgan fingerprint density at radius 2 is 1.83 bits per heavy atom. The molecule has 0 radical (unpaired) electrons. The second-order valence-electron chi connectivity index (χ2n) is 10.5. The molecule has 36 heavy (non-hydrogen) atoms. The van der Waals surface area contributed by atoms with Crippen LogP contribution in [0.3, 0.4) is 0 Å². The van der Waals surface area contributed by atoms with E-state index in [-0.39, 0.29) is 22.9 Å². The van der Waals surface area contributed by atoms with Gasteiger partial charge in [-0.05, 0) is 56.5 Å². The molecule has 3 rings (SSSR count). The van der Waals surface area contributed by atoms with Crippen LogP contribution in [0.5, 0.6) is 0 Å². The highest BCUT2D eigenvalue weighted by molar-refractivity contribution is 7.90. The summed E-state index contributed by atoms with van der Waals surface area (Å²) in [6, 6.07) is 7.26. The molecular weight excluding hydrogens is 484 g/mol. The molecule has 1 aliphatic rings. The zero-order valence-electron chi connectivity index (χ0n) is 21.4. The number of nitrogens with zero attached hydrogens (tertiary/aromatic N) is 2. The van der Waals surface area contributed by atoms with E-state index in [0.717, 1.165) is 12.8 Å². The summed E-state index contributed by atoms with van der Waals surface area (Å²) < 4.78 is 24.1. The van der Waals surface area contributed by atoms with Crippen LogP contribution in [0.2, 0.25) is 0 Å². The summed E-state index contributed by atoms with van der Waals surface area (Å²) in [5.74, 6) is 0.366. The monoisotopic (exact) mass is 520 g/mol. The first kappa shape index (κ1) is 27.8. The molecule has 198 valence electrons. The number of aliphatic hydroxyl groups excluding tert-OH is 2. The van der Waals surface area contributed by atoms with Crippen molar-refractivity contribution in [2.75, 3.05) is 23.5 Å². The van der Waals surface area contributed by atoms with Gasteiger partial charge in [-0.1, -0.05) is 26.7 Å². The van der Waals surface area contributed by atoms with Crippen molar-refractivity contribution in [3.63, 3.8) is 0 Å². The van der Waals surface area contributed by atoms with Crippen LogP contribution in [0.25, 0.3) is 0 Å². The van der Waals surface area contributed by atoms with E-state index in [1.807, 2.05) is 13.8 Å².